The second-order valence-electron chi connectivity index (χ2n) is 2.91. The van der Waals surface area contributed by atoms with Gasteiger partial charge in [-0.25, -0.2) is 13.6 Å². The van der Waals surface area contributed by atoms with Crippen molar-refractivity contribution < 1.29 is 26.3 Å². The Morgan fingerprint density at radius 1 is 1.31 bits per heavy atom. The van der Waals surface area contributed by atoms with Crippen molar-refractivity contribution in [3.63, 3.8) is 0 Å². The second-order valence-corrected chi connectivity index (χ2v) is 4.44. The second kappa shape index (κ2) is 3.95. The molecular formula is C8H8F3NO3S. The van der Waals surface area contributed by atoms with Crippen molar-refractivity contribution in [2.75, 3.05) is 7.11 Å². The van der Waals surface area contributed by atoms with Gasteiger partial charge in [-0.2, -0.15) is 13.2 Å². The maximum atomic E-state index is 12.3. The minimum absolute atomic E-state index is 0.433. The first-order chi connectivity index (χ1) is 7.16. The maximum Gasteiger partial charge on any atom is 0.416 e. The van der Waals surface area contributed by atoms with E-state index in [9.17, 15) is 21.6 Å². The molecule has 0 heterocycles. The number of hydrogen-bond acceptors (Lipinski definition) is 3. The van der Waals surface area contributed by atoms with Gasteiger partial charge in [-0.1, -0.05) is 0 Å². The number of methoxy groups -OCH3 is 1. The molecule has 0 fully saturated rings. The van der Waals surface area contributed by atoms with E-state index >= 15 is 0 Å². The Labute approximate surface area is 89.9 Å². The van der Waals surface area contributed by atoms with Crippen LogP contribution in [0, 0.1) is 0 Å². The van der Waals surface area contributed by atoms with Crippen molar-refractivity contribution in [3.8, 4) is 5.75 Å². The number of rotatable bonds is 2. The molecule has 1 aromatic carbocycles. The normalized spacial score (nSPS) is 12.6. The van der Waals surface area contributed by atoms with Gasteiger partial charge in [0.1, 0.15) is 10.6 Å². The number of ether oxygens (including phenoxy) is 1. The van der Waals surface area contributed by atoms with Gasteiger partial charge in [0, 0.05) is 0 Å². The molecule has 0 saturated heterocycles. The summed E-state index contributed by atoms with van der Waals surface area (Å²) in [6, 6.07) is 1.97. The molecule has 0 aliphatic heterocycles. The smallest absolute Gasteiger partial charge is 0.416 e. The fourth-order valence-corrected chi connectivity index (χ4v) is 1.76. The van der Waals surface area contributed by atoms with Crippen LogP contribution in [-0.4, -0.2) is 15.5 Å². The third-order valence-electron chi connectivity index (χ3n) is 1.80. The Morgan fingerprint density at radius 3 is 2.25 bits per heavy atom. The van der Waals surface area contributed by atoms with Crippen molar-refractivity contribution >= 4 is 10.0 Å². The molecule has 0 radical (unpaired) electrons. The quantitative estimate of drug-likeness (QED) is 0.867. The van der Waals surface area contributed by atoms with Gasteiger partial charge >= 0.3 is 6.18 Å². The van der Waals surface area contributed by atoms with Gasteiger partial charge < -0.3 is 4.74 Å². The average molecular weight is 255 g/mol. The molecule has 0 aliphatic rings. The van der Waals surface area contributed by atoms with E-state index in [0.29, 0.717) is 12.1 Å². The lowest BCUT2D eigenvalue weighted by molar-refractivity contribution is -0.137. The van der Waals surface area contributed by atoms with Crippen LogP contribution >= 0.6 is 0 Å². The van der Waals surface area contributed by atoms with Crippen LogP contribution in [-0.2, 0) is 16.2 Å². The zero-order chi connectivity index (χ0) is 12.6. The number of sulfonamides is 1. The summed E-state index contributed by atoms with van der Waals surface area (Å²) in [4.78, 5) is -0.483. The molecule has 0 aromatic heterocycles. The van der Waals surface area contributed by atoms with Crippen molar-refractivity contribution in [3.05, 3.63) is 23.8 Å². The number of halogens is 3. The Kier molecular flexibility index (Phi) is 3.15. The Morgan fingerprint density at radius 2 is 1.88 bits per heavy atom. The van der Waals surface area contributed by atoms with Crippen LogP contribution in [0.3, 0.4) is 0 Å². The molecule has 0 spiro atoms. The minimum Gasteiger partial charge on any atom is -0.495 e. The molecule has 16 heavy (non-hydrogen) atoms. The third kappa shape index (κ3) is 2.64. The van der Waals surface area contributed by atoms with E-state index < -0.39 is 32.4 Å². The molecule has 0 amide bonds. The summed E-state index contributed by atoms with van der Waals surface area (Å²) in [6.07, 6.45) is -4.57. The highest BCUT2D eigenvalue weighted by atomic mass is 32.2. The lowest BCUT2D eigenvalue weighted by Gasteiger charge is -2.11. The molecule has 0 bridgehead atoms. The van der Waals surface area contributed by atoms with E-state index in [-0.39, 0.29) is 0 Å². The maximum absolute atomic E-state index is 12.3. The lowest BCUT2D eigenvalue weighted by atomic mass is 10.2. The van der Waals surface area contributed by atoms with Crippen LogP contribution in [0.5, 0.6) is 5.75 Å². The van der Waals surface area contributed by atoms with E-state index in [2.05, 4.69) is 4.74 Å². The van der Waals surface area contributed by atoms with E-state index in [1.165, 1.54) is 0 Å². The zero-order valence-electron chi connectivity index (χ0n) is 8.08. The number of alkyl halides is 3. The predicted molar refractivity (Wildman–Crippen MR) is 49.4 cm³/mol. The predicted octanol–water partition coefficient (Wildman–Crippen LogP) is 1.36. The number of hydrogen-bond donors (Lipinski definition) is 1. The van der Waals surface area contributed by atoms with Crippen LogP contribution < -0.4 is 9.88 Å². The molecule has 4 nitrogen and oxygen atoms in total. The monoisotopic (exact) mass is 255 g/mol. The number of nitrogens with two attached hydrogens (primary N) is 1. The molecule has 90 valence electrons. The molecule has 0 atom stereocenters. The van der Waals surface area contributed by atoms with Crippen molar-refractivity contribution in [1.29, 1.82) is 0 Å². The van der Waals surface area contributed by atoms with E-state index in [0.717, 1.165) is 13.2 Å². The van der Waals surface area contributed by atoms with Crippen molar-refractivity contribution in [1.82, 2.24) is 0 Å². The van der Waals surface area contributed by atoms with E-state index in [1.54, 1.807) is 0 Å². The Hall–Kier alpha value is -1.28. The van der Waals surface area contributed by atoms with Gasteiger partial charge in [-0.3, -0.25) is 0 Å². The van der Waals surface area contributed by atoms with Gasteiger partial charge in [-0.05, 0) is 18.2 Å². The van der Waals surface area contributed by atoms with Crippen molar-refractivity contribution in [2.45, 2.75) is 11.1 Å². The molecule has 1 aromatic rings. The van der Waals surface area contributed by atoms with E-state index in [4.69, 9.17) is 5.14 Å². The van der Waals surface area contributed by atoms with Crippen LogP contribution in [0.4, 0.5) is 13.2 Å². The molecule has 0 unspecified atom stereocenters. The summed E-state index contributed by atoms with van der Waals surface area (Å²) in [5, 5.41) is 4.80. The topological polar surface area (TPSA) is 69.4 Å². The molecule has 8 heteroatoms. The van der Waals surface area contributed by atoms with Gasteiger partial charge in [0.05, 0.1) is 12.7 Å². The van der Waals surface area contributed by atoms with E-state index in [1.807, 2.05) is 0 Å². The summed E-state index contributed by atoms with van der Waals surface area (Å²) in [6.45, 7) is 0. The lowest BCUT2D eigenvalue weighted by Crippen LogP contribution is -2.14. The summed E-state index contributed by atoms with van der Waals surface area (Å²) < 4.78 is 63.4. The standard InChI is InChI=1S/C8H8F3NO3S/c1-15-6-4-5(8(9,10)11)2-3-7(6)16(12,13)14/h2-4H,1H3,(H2,12,13,14). The highest BCUT2D eigenvalue weighted by molar-refractivity contribution is 7.89. The Balaban J connectivity index is 3.40. The largest absolute Gasteiger partial charge is 0.495 e. The van der Waals surface area contributed by atoms with Gasteiger partial charge in [0.15, 0.2) is 0 Å². The molecule has 1 rings (SSSR count). The van der Waals surface area contributed by atoms with Crippen molar-refractivity contribution in [2.24, 2.45) is 5.14 Å². The SMILES string of the molecule is COc1cc(C(F)(F)F)ccc1S(N)(=O)=O. The minimum atomic E-state index is -4.57. The highest BCUT2D eigenvalue weighted by Gasteiger charge is 2.32. The average Bonchev–Trinajstić information content (AvgIpc) is 2.14. The van der Waals surface area contributed by atoms with Gasteiger partial charge in [0.25, 0.3) is 0 Å². The van der Waals surface area contributed by atoms with Crippen LogP contribution in [0.25, 0.3) is 0 Å². The fourth-order valence-electron chi connectivity index (χ4n) is 1.08. The molecular weight excluding hydrogens is 247 g/mol. The number of primary sulfonamides is 1. The molecule has 2 N–H and O–H groups in total. The fraction of sp³-hybridized carbons (Fsp3) is 0.250. The van der Waals surface area contributed by atoms with Crippen LogP contribution in [0.2, 0.25) is 0 Å². The summed E-state index contributed by atoms with van der Waals surface area (Å²) in [7, 11) is -3.04. The van der Waals surface area contributed by atoms with Crippen LogP contribution in [0.15, 0.2) is 23.1 Å². The highest BCUT2D eigenvalue weighted by Crippen LogP contribution is 2.34. The summed E-state index contributed by atoms with van der Waals surface area (Å²) in [5.41, 5.74) is -1.00. The van der Waals surface area contributed by atoms with Gasteiger partial charge in [-0.15, -0.1) is 0 Å². The number of benzene rings is 1. The Bertz CT molecular complexity index is 496. The first-order valence-corrected chi connectivity index (χ1v) is 5.49. The first kappa shape index (κ1) is 12.8. The van der Waals surface area contributed by atoms with Crippen LogP contribution in [0.1, 0.15) is 5.56 Å². The third-order valence-corrected chi connectivity index (χ3v) is 2.75. The molecule has 0 aliphatic carbocycles. The zero-order valence-corrected chi connectivity index (χ0v) is 8.89. The first-order valence-electron chi connectivity index (χ1n) is 3.94. The summed E-state index contributed by atoms with van der Waals surface area (Å²) in [5.74, 6) is -0.433. The molecule has 0 saturated carbocycles. The summed E-state index contributed by atoms with van der Waals surface area (Å²) >= 11 is 0. The van der Waals surface area contributed by atoms with Gasteiger partial charge in [0.2, 0.25) is 10.0 Å².